The number of aromatic nitrogens is 2. The fourth-order valence-electron chi connectivity index (χ4n) is 1.79. The van der Waals surface area contributed by atoms with Crippen molar-refractivity contribution < 1.29 is 4.79 Å². The molecule has 1 saturated carbocycles. The number of hydrogen-bond donors (Lipinski definition) is 2. The van der Waals surface area contributed by atoms with Gasteiger partial charge in [-0.3, -0.25) is 4.79 Å². The van der Waals surface area contributed by atoms with E-state index in [0.29, 0.717) is 18.9 Å². The third kappa shape index (κ3) is 3.08. The number of amides is 1. The highest BCUT2D eigenvalue weighted by molar-refractivity contribution is 5.76. The average Bonchev–Trinajstić information content (AvgIpc) is 2.64. The molecule has 0 radical (unpaired) electrons. The zero-order valence-electron chi connectivity index (χ0n) is 8.83. The molecule has 1 aromatic rings. The number of carbonyl (C=O) groups excluding carboxylic acids is 1. The summed E-state index contributed by atoms with van der Waals surface area (Å²) < 4.78 is 0. The second kappa shape index (κ2) is 4.96. The Hall–Kier alpha value is -1.32. The molecule has 1 aromatic heterocycles. The molecule has 0 aliphatic heterocycles. The zero-order chi connectivity index (χ0) is 10.5. The van der Waals surface area contributed by atoms with Gasteiger partial charge in [0.2, 0.25) is 5.91 Å². The van der Waals surface area contributed by atoms with Crippen LogP contribution in [0.3, 0.4) is 0 Å². The molecule has 4 heteroatoms. The maximum absolute atomic E-state index is 11.4. The predicted molar refractivity (Wildman–Crippen MR) is 57.3 cm³/mol. The summed E-state index contributed by atoms with van der Waals surface area (Å²) in [5, 5.41) is 2.93. The molecule has 0 aromatic carbocycles. The van der Waals surface area contributed by atoms with Crippen LogP contribution in [0, 0.1) is 5.92 Å². The van der Waals surface area contributed by atoms with E-state index in [-0.39, 0.29) is 5.91 Å². The molecule has 0 atom stereocenters. The number of nitrogens with zero attached hydrogens (tertiary/aromatic N) is 1. The van der Waals surface area contributed by atoms with Crippen molar-refractivity contribution in [2.45, 2.75) is 32.1 Å². The Morgan fingerprint density at radius 2 is 2.47 bits per heavy atom. The number of imidazole rings is 1. The molecule has 0 bridgehead atoms. The van der Waals surface area contributed by atoms with Crippen molar-refractivity contribution in [3.63, 3.8) is 0 Å². The summed E-state index contributed by atoms with van der Waals surface area (Å²) in [6, 6.07) is 0. The van der Waals surface area contributed by atoms with Crippen molar-refractivity contribution in [3.8, 4) is 0 Å². The minimum Gasteiger partial charge on any atom is -0.356 e. The van der Waals surface area contributed by atoms with E-state index in [1.165, 1.54) is 19.3 Å². The minimum atomic E-state index is 0.194. The molecule has 15 heavy (non-hydrogen) atoms. The van der Waals surface area contributed by atoms with Crippen LogP contribution in [-0.2, 0) is 11.2 Å². The molecular formula is C11H17N3O. The molecule has 4 nitrogen and oxygen atoms in total. The van der Waals surface area contributed by atoms with Crippen molar-refractivity contribution in [3.05, 3.63) is 18.2 Å². The second-order valence-electron chi connectivity index (χ2n) is 4.18. The summed E-state index contributed by atoms with van der Waals surface area (Å²) in [4.78, 5) is 18.4. The lowest BCUT2D eigenvalue weighted by molar-refractivity contribution is -0.122. The van der Waals surface area contributed by atoms with E-state index in [9.17, 15) is 4.79 Å². The first-order valence-electron chi connectivity index (χ1n) is 5.58. The van der Waals surface area contributed by atoms with Crippen LogP contribution in [0.1, 0.15) is 31.4 Å². The van der Waals surface area contributed by atoms with Gasteiger partial charge in [-0.1, -0.05) is 6.42 Å². The Labute approximate surface area is 89.5 Å². The number of hydrogen-bond acceptors (Lipinski definition) is 2. The lowest BCUT2D eigenvalue weighted by Crippen LogP contribution is -2.29. The van der Waals surface area contributed by atoms with Crippen LogP contribution in [0.5, 0.6) is 0 Å². The Bertz CT molecular complexity index is 304. The quantitative estimate of drug-likeness (QED) is 0.763. The van der Waals surface area contributed by atoms with Gasteiger partial charge in [0.05, 0.1) is 6.33 Å². The van der Waals surface area contributed by atoms with Crippen molar-refractivity contribution in [1.82, 2.24) is 15.3 Å². The van der Waals surface area contributed by atoms with Crippen LogP contribution >= 0.6 is 0 Å². The van der Waals surface area contributed by atoms with E-state index < -0.39 is 0 Å². The van der Waals surface area contributed by atoms with Crippen molar-refractivity contribution in [2.24, 2.45) is 5.92 Å². The van der Waals surface area contributed by atoms with Gasteiger partial charge in [0, 0.05) is 31.3 Å². The van der Waals surface area contributed by atoms with Crippen molar-refractivity contribution in [1.29, 1.82) is 0 Å². The Morgan fingerprint density at radius 3 is 3.07 bits per heavy atom. The molecule has 1 fully saturated rings. The fraction of sp³-hybridized carbons (Fsp3) is 0.636. The monoisotopic (exact) mass is 207 g/mol. The van der Waals surface area contributed by atoms with Crippen LogP contribution in [0.2, 0.25) is 0 Å². The van der Waals surface area contributed by atoms with Crippen LogP contribution in [0.15, 0.2) is 12.5 Å². The van der Waals surface area contributed by atoms with Crippen molar-refractivity contribution in [2.75, 3.05) is 6.54 Å². The lowest BCUT2D eigenvalue weighted by Gasteiger charge is -2.24. The number of H-pyrrole nitrogens is 1. The molecule has 2 rings (SSSR count). The van der Waals surface area contributed by atoms with E-state index in [2.05, 4.69) is 15.3 Å². The first kappa shape index (κ1) is 10.2. The molecule has 0 spiro atoms. The summed E-state index contributed by atoms with van der Waals surface area (Å²) in [7, 11) is 0. The molecule has 1 aliphatic carbocycles. The van der Waals surface area contributed by atoms with Gasteiger partial charge in [0.1, 0.15) is 0 Å². The number of nitrogens with one attached hydrogen (secondary N) is 2. The van der Waals surface area contributed by atoms with Gasteiger partial charge in [-0.25, -0.2) is 4.98 Å². The normalized spacial score (nSPS) is 16.0. The van der Waals surface area contributed by atoms with Crippen molar-refractivity contribution >= 4 is 5.91 Å². The first-order chi connectivity index (χ1) is 7.34. The number of aromatic amines is 1. The maximum atomic E-state index is 11.4. The smallest absolute Gasteiger partial charge is 0.220 e. The second-order valence-corrected chi connectivity index (χ2v) is 4.18. The molecule has 0 unspecified atom stereocenters. The van der Waals surface area contributed by atoms with E-state index in [1.54, 1.807) is 12.5 Å². The Balaban J connectivity index is 1.58. The van der Waals surface area contributed by atoms with E-state index in [1.807, 2.05) is 0 Å². The van der Waals surface area contributed by atoms with Crippen LogP contribution in [0.25, 0.3) is 0 Å². The molecular weight excluding hydrogens is 190 g/mol. The standard InChI is InChI=1S/C11H17N3O/c15-11(6-9-2-1-3-9)13-5-4-10-7-12-8-14-10/h7-9H,1-6H2,(H,12,14)(H,13,15). The highest BCUT2D eigenvalue weighted by Crippen LogP contribution is 2.28. The van der Waals surface area contributed by atoms with E-state index in [4.69, 9.17) is 0 Å². The van der Waals surface area contributed by atoms with Gasteiger partial charge in [-0.05, 0) is 18.8 Å². The van der Waals surface area contributed by atoms with E-state index >= 15 is 0 Å². The largest absolute Gasteiger partial charge is 0.356 e. The summed E-state index contributed by atoms with van der Waals surface area (Å²) in [5.74, 6) is 0.844. The third-order valence-electron chi connectivity index (χ3n) is 2.97. The van der Waals surface area contributed by atoms with Gasteiger partial charge >= 0.3 is 0 Å². The van der Waals surface area contributed by atoms with Gasteiger partial charge in [0.15, 0.2) is 0 Å². The Kier molecular flexibility index (Phi) is 3.37. The fourth-order valence-corrected chi connectivity index (χ4v) is 1.79. The zero-order valence-corrected chi connectivity index (χ0v) is 8.83. The summed E-state index contributed by atoms with van der Waals surface area (Å²) in [5.41, 5.74) is 1.07. The first-order valence-corrected chi connectivity index (χ1v) is 5.58. The Morgan fingerprint density at radius 1 is 1.60 bits per heavy atom. The molecule has 1 amide bonds. The maximum Gasteiger partial charge on any atom is 0.220 e. The summed E-state index contributed by atoms with van der Waals surface area (Å²) in [6.45, 7) is 0.702. The van der Waals surface area contributed by atoms with Gasteiger partial charge in [-0.15, -0.1) is 0 Å². The average molecular weight is 207 g/mol. The highest BCUT2D eigenvalue weighted by atomic mass is 16.1. The minimum absolute atomic E-state index is 0.194. The summed E-state index contributed by atoms with van der Waals surface area (Å²) in [6.07, 6.45) is 8.75. The topological polar surface area (TPSA) is 57.8 Å². The molecule has 2 N–H and O–H groups in total. The number of carbonyl (C=O) groups is 1. The highest BCUT2D eigenvalue weighted by Gasteiger charge is 2.20. The molecule has 1 heterocycles. The SMILES string of the molecule is O=C(CC1CCC1)NCCc1cnc[nH]1. The molecule has 0 saturated heterocycles. The van der Waals surface area contributed by atoms with Gasteiger partial charge < -0.3 is 10.3 Å². The van der Waals surface area contributed by atoms with Gasteiger partial charge in [-0.2, -0.15) is 0 Å². The number of rotatable bonds is 5. The molecule has 82 valence electrons. The summed E-state index contributed by atoms with van der Waals surface area (Å²) >= 11 is 0. The third-order valence-corrected chi connectivity index (χ3v) is 2.97. The molecule has 1 aliphatic rings. The van der Waals surface area contributed by atoms with Gasteiger partial charge in [0.25, 0.3) is 0 Å². The van der Waals surface area contributed by atoms with E-state index in [0.717, 1.165) is 12.1 Å². The van der Waals surface area contributed by atoms with Crippen LogP contribution < -0.4 is 5.32 Å². The van der Waals surface area contributed by atoms with Crippen LogP contribution in [-0.4, -0.2) is 22.4 Å². The predicted octanol–water partition coefficient (Wildman–Crippen LogP) is 1.26. The van der Waals surface area contributed by atoms with Crippen LogP contribution in [0.4, 0.5) is 0 Å². The lowest BCUT2D eigenvalue weighted by atomic mass is 9.83.